The smallest absolute Gasteiger partial charge is 0.271 e. The highest BCUT2D eigenvalue weighted by Gasteiger charge is 2.20. The highest BCUT2D eigenvalue weighted by molar-refractivity contribution is 9.10. The first-order valence-corrected chi connectivity index (χ1v) is 9.03. The van der Waals surface area contributed by atoms with Crippen molar-refractivity contribution in [3.05, 3.63) is 57.1 Å². The molecule has 0 amide bonds. The average Bonchev–Trinajstić information content (AvgIpc) is 2.53. The van der Waals surface area contributed by atoms with Crippen LogP contribution in [-0.2, 0) is 10.0 Å². The summed E-state index contributed by atoms with van der Waals surface area (Å²) in [6, 6.07) is 9.97. The summed E-state index contributed by atoms with van der Waals surface area (Å²) in [5.74, 6) is 0. The summed E-state index contributed by atoms with van der Waals surface area (Å²) < 4.78 is 27.8. The third-order valence-electron chi connectivity index (χ3n) is 3.01. The summed E-state index contributed by atoms with van der Waals surface area (Å²) in [4.78, 5) is 10.3. The van der Waals surface area contributed by atoms with Crippen molar-refractivity contribution in [2.24, 2.45) is 0 Å². The van der Waals surface area contributed by atoms with Gasteiger partial charge in [0, 0.05) is 23.2 Å². The highest BCUT2D eigenvalue weighted by Crippen LogP contribution is 2.30. The van der Waals surface area contributed by atoms with Crippen LogP contribution in [0.5, 0.6) is 0 Å². The van der Waals surface area contributed by atoms with Gasteiger partial charge in [-0.1, -0.05) is 12.1 Å². The first-order chi connectivity index (χ1) is 11.3. The number of nitro benzene ring substituents is 1. The van der Waals surface area contributed by atoms with E-state index in [0.29, 0.717) is 10.2 Å². The second-order valence-corrected chi connectivity index (χ2v) is 7.18. The second kappa shape index (κ2) is 7.60. The largest absolute Gasteiger partial charge is 0.395 e. The molecule has 0 saturated carbocycles. The maximum atomic E-state index is 12.5. The molecule has 0 atom stereocenters. The Labute approximate surface area is 146 Å². The second-order valence-electron chi connectivity index (χ2n) is 4.67. The first-order valence-electron chi connectivity index (χ1n) is 6.75. The first kappa shape index (κ1) is 18.2. The number of sulfonamides is 1. The van der Waals surface area contributed by atoms with Gasteiger partial charge >= 0.3 is 0 Å². The van der Waals surface area contributed by atoms with Crippen LogP contribution in [0.15, 0.2) is 51.8 Å². The number of hydrogen-bond acceptors (Lipinski definition) is 6. The van der Waals surface area contributed by atoms with Crippen molar-refractivity contribution in [1.82, 2.24) is 0 Å². The zero-order valence-corrected chi connectivity index (χ0v) is 14.7. The monoisotopic (exact) mass is 415 g/mol. The molecule has 0 aromatic heterocycles. The quantitative estimate of drug-likeness (QED) is 0.471. The van der Waals surface area contributed by atoms with Crippen molar-refractivity contribution >= 4 is 43.0 Å². The Kier molecular flexibility index (Phi) is 5.75. The van der Waals surface area contributed by atoms with Crippen LogP contribution >= 0.6 is 15.9 Å². The Bertz CT molecular complexity index is 857. The SMILES string of the molecule is O=[N+]([O-])c1ccc(NCCO)c(NS(=O)(=O)c2ccccc2Br)c1. The van der Waals surface area contributed by atoms with Crippen molar-refractivity contribution in [2.75, 3.05) is 23.2 Å². The minimum atomic E-state index is -3.96. The van der Waals surface area contributed by atoms with E-state index in [2.05, 4.69) is 26.0 Å². The van der Waals surface area contributed by atoms with E-state index in [4.69, 9.17) is 5.11 Å². The molecule has 0 radical (unpaired) electrons. The number of nitrogens with one attached hydrogen (secondary N) is 2. The van der Waals surface area contributed by atoms with Crippen LogP contribution in [0.4, 0.5) is 17.1 Å². The molecule has 0 aliphatic heterocycles. The van der Waals surface area contributed by atoms with Crippen LogP contribution in [0.25, 0.3) is 0 Å². The molecule has 8 nitrogen and oxygen atoms in total. The molecule has 128 valence electrons. The molecule has 0 bridgehead atoms. The van der Waals surface area contributed by atoms with E-state index in [1.165, 1.54) is 18.2 Å². The van der Waals surface area contributed by atoms with Crippen molar-refractivity contribution in [3.63, 3.8) is 0 Å². The number of anilines is 2. The van der Waals surface area contributed by atoms with Crippen molar-refractivity contribution < 1.29 is 18.4 Å². The number of aliphatic hydroxyl groups excluding tert-OH is 1. The Hall–Kier alpha value is -2.17. The zero-order chi connectivity index (χ0) is 17.7. The Morgan fingerprint density at radius 2 is 1.88 bits per heavy atom. The summed E-state index contributed by atoms with van der Waals surface area (Å²) >= 11 is 3.17. The molecule has 2 rings (SSSR count). The van der Waals surface area contributed by atoms with Gasteiger partial charge in [-0.15, -0.1) is 0 Å². The third kappa shape index (κ3) is 4.22. The van der Waals surface area contributed by atoms with E-state index in [1.54, 1.807) is 18.2 Å². The lowest BCUT2D eigenvalue weighted by molar-refractivity contribution is -0.384. The number of nitro groups is 1. The number of benzene rings is 2. The summed E-state index contributed by atoms with van der Waals surface area (Å²) in [6.07, 6.45) is 0. The Balaban J connectivity index is 2.44. The average molecular weight is 416 g/mol. The van der Waals surface area contributed by atoms with Gasteiger partial charge in [-0.25, -0.2) is 8.42 Å². The number of halogens is 1. The fourth-order valence-electron chi connectivity index (χ4n) is 1.94. The van der Waals surface area contributed by atoms with Crippen LogP contribution in [0.2, 0.25) is 0 Å². The van der Waals surface area contributed by atoms with Crippen molar-refractivity contribution in [2.45, 2.75) is 4.90 Å². The molecular formula is C14H14BrN3O5S. The van der Waals surface area contributed by atoms with E-state index >= 15 is 0 Å². The predicted molar refractivity (Wildman–Crippen MR) is 93.6 cm³/mol. The van der Waals surface area contributed by atoms with Gasteiger partial charge < -0.3 is 10.4 Å². The molecule has 24 heavy (non-hydrogen) atoms. The van der Waals surface area contributed by atoms with Crippen LogP contribution < -0.4 is 10.0 Å². The lowest BCUT2D eigenvalue weighted by Crippen LogP contribution is -2.16. The fourth-order valence-corrected chi connectivity index (χ4v) is 4.01. The zero-order valence-electron chi connectivity index (χ0n) is 12.3. The van der Waals surface area contributed by atoms with E-state index < -0.39 is 14.9 Å². The van der Waals surface area contributed by atoms with Crippen LogP contribution in [0.3, 0.4) is 0 Å². The minimum absolute atomic E-state index is 0.00427. The highest BCUT2D eigenvalue weighted by atomic mass is 79.9. The predicted octanol–water partition coefficient (Wildman–Crippen LogP) is 2.56. The summed E-state index contributed by atoms with van der Waals surface area (Å²) in [5, 5.41) is 22.6. The van der Waals surface area contributed by atoms with Gasteiger partial charge in [0.05, 0.1) is 22.9 Å². The fraction of sp³-hybridized carbons (Fsp3) is 0.143. The molecule has 0 saturated heterocycles. The van der Waals surface area contributed by atoms with Crippen LogP contribution in [0.1, 0.15) is 0 Å². The van der Waals surface area contributed by atoms with E-state index in [9.17, 15) is 18.5 Å². The van der Waals surface area contributed by atoms with Gasteiger partial charge in [0.25, 0.3) is 15.7 Å². The van der Waals surface area contributed by atoms with Crippen molar-refractivity contribution in [1.29, 1.82) is 0 Å². The van der Waals surface area contributed by atoms with Crippen LogP contribution in [0, 0.1) is 10.1 Å². The van der Waals surface area contributed by atoms with Gasteiger partial charge in [-0.05, 0) is 34.1 Å². The maximum absolute atomic E-state index is 12.5. The summed E-state index contributed by atoms with van der Waals surface area (Å²) in [6.45, 7) is -0.00498. The minimum Gasteiger partial charge on any atom is -0.395 e. The molecule has 2 aromatic rings. The molecule has 0 unspecified atom stereocenters. The third-order valence-corrected chi connectivity index (χ3v) is 5.39. The van der Waals surface area contributed by atoms with E-state index in [1.807, 2.05) is 0 Å². The van der Waals surface area contributed by atoms with Gasteiger partial charge in [0.1, 0.15) is 4.90 Å². The van der Waals surface area contributed by atoms with E-state index in [-0.39, 0.29) is 29.4 Å². The molecule has 0 fully saturated rings. The number of non-ortho nitro benzene ring substituents is 1. The lowest BCUT2D eigenvalue weighted by Gasteiger charge is -2.14. The Morgan fingerprint density at radius 3 is 2.50 bits per heavy atom. The number of nitrogens with zero attached hydrogens (tertiary/aromatic N) is 1. The molecule has 0 aliphatic rings. The van der Waals surface area contributed by atoms with Gasteiger partial charge in [-0.2, -0.15) is 0 Å². The summed E-state index contributed by atoms with van der Waals surface area (Å²) in [5.41, 5.74) is 0.0908. The molecule has 2 aromatic carbocycles. The van der Waals surface area contributed by atoms with Gasteiger partial charge in [-0.3, -0.25) is 14.8 Å². The molecule has 3 N–H and O–H groups in total. The molecule has 0 spiro atoms. The van der Waals surface area contributed by atoms with Gasteiger partial charge in [0.2, 0.25) is 0 Å². The van der Waals surface area contributed by atoms with Gasteiger partial charge in [0.15, 0.2) is 0 Å². The molecule has 10 heteroatoms. The number of hydrogen-bond donors (Lipinski definition) is 3. The summed E-state index contributed by atoms with van der Waals surface area (Å²) in [7, 11) is -3.96. The normalized spacial score (nSPS) is 11.1. The molecular weight excluding hydrogens is 402 g/mol. The molecule has 0 heterocycles. The lowest BCUT2D eigenvalue weighted by atomic mass is 10.2. The molecule has 0 aliphatic carbocycles. The standard InChI is InChI=1S/C14H14BrN3O5S/c15-11-3-1-2-4-14(11)24(22,23)17-13-9-10(18(20)21)5-6-12(13)16-7-8-19/h1-6,9,16-17,19H,7-8H2. The Morgan fingerprint density at radius 1 is 1.17 bits per heavy atom. The van der Waals surface area contributed by atoms with E-state index in [0.717, 1.165) is 6.07 Å². The van der Waals surface area contributed by atoms with Crippen LogP contribution in [-0.4, -0.2) is 31.6 Å². The maximum Gasteiger partial charge on any atom is 0.271 e. The number of rotatable bonds is 7. The topological polar surface area (TPSA) is 122 Å². The number of aliphatic hydroxyl groups is 1. The van der Waals surface area contributed by atoms with Crippen molar-refractivity contribution in [3.8, 4) is 0 Å².